The third kappa shape index (κ3) is 4.30. The van der Waals surface area contributed by atoms with Crippen molar-refractivity contribution < 1.29 is 14.0 Å². The molecule has 5 heteroatoms. The van der Waals surface area contributed by atoms with Gasteiger partial charge in [0.2, 0.25) is 5.82 Å². The summed E-state index contributed by atoms with van der Waals surface area (Å²) in [5, 5.41) is 4.02. The van der Waals surface area contributed by atoms with E-state index in [9.17, 15) is 0 Å². The van der Waals surface area contributed by atoms with Crippen LogP contribution in [0, 0.1) is 6.92 Å². The molecule has 2 aromatic carbocycles. The molecule has 0 atom stereocenters. The molecule has 0 unspecified atom stereocenters. The molecule has 0 amide bonds. The molecule has 0 saturated heterocycles. The van der Waals surface area contributed by atoms with Gasteiger partial charge in [-0.05, 0) is 44.5 Å². The minimum atomic E-state index is 0.477. The van der Waals surface area contributed by atoms with Crippen LogP contribution in [0.3, 0.4) is 0 Å². The highest BCUT2D eigenvalue weighted by atomic mass is 16.5. The largest absolute Gasteiger partial charge is 0.493 e. The van der Waals surface area contributed by atoms with Crippen LogP contribution in [0.5, 0.6) is 11.5 Å². The summed E-state index contributed by atoms with van der Waals surface area (Å²) < 4.78 is 16.6. The van der Waals surface area contributed by atoms with E-state index in [4.69, 9.17) is 14.0 Å². The lowest BCUT2D eigenvalue weighted by atomic mass is 10.1. The maximum absolute atomic E-state index is 5.92. The zero-order valence-electron chi connectivity index (χ0n) is 15.4. The maximum Gasteiger partial charge on any atom is 0.250 e. The summed E-state index contributed by atoms with van der Waals surface area (Å²) in [7, 11) is 1.61. The molecular formula is C21H22N2O3. The first-order valence-corrected chi connectivity index (χ1v) is 8.40. The van der Waals surface area contributed by atoms with Gasteiger partial charge in [0.1, 0.15) is 6.61 Å². The molecule has 3 rings (SSSR count). The van der Waals surface area contributed by atoms with Gasteiger partial charge in [-0.15, -0.1) is 0 Å². The monoisotopic (exact) mass is 350 g/mol. The van der Waals surface area contributed by atoms with Gasteiger partial charge in [0.05, 0.1) is 7.11 Å². The van der Waals surface area contributed by atoms with Crippen LogP contribution in [0.25, 0.3) is 17.5 Å². The fourth-order valence-electron chi connectivity index (χ4n) is 2.55. The Balaban J connectivity index is 1.79. The van der Waals surface area contributed by atoms with E-state index in [-0.39, 0.29) is 0 Å². The van der Waals surface area contributed by atoms with E-state index in [1.54, 1.807) is 7.11 Å². The van der Waals surface area contributed by atoms with Crippen molar-refractivity contribution in [1.29, 1.82) is 0 Å². The lowest BCUT2D eigenvalue weighted by molar-refractivity contribution is 0.284. The molecule has 0 spiro atoms. The quantitative estimate of drug-likeness (QED) is 0.622. The molecule has 134 valence electrons. The van der Waals surface area contributed by atoms with Gasteiger partial charge in [-0.25, -0.2) is 0 Å². The third-order valence-corrected chi connectivity index (χ3v) is 3.75. The summed E-state index contributed by atoms with van der Waals surface area (Å²) in [5.41, 5.74) is 4.22. The minimum Gasteiger partial charge on any atom is -0.493 e. The molecule has 0 aliphatic carbocycles. The van der Waals surface area contributed by atoms with Crippen LogP contribution in [0.1, 0.15) is 30.9 Å². The average Bonchev–Trinajstić information content (AvgIpc) is 3.07. The molecular weight excluding hydrogens is 328 g/mol. The van der Waals surface area contributed by atoms with Crippen LogP contribution in [0.15, 0.2) is 52.6 Å². The molecule has 26 heavy (non-hydrogen) atoms. The van der Waals surface area contributed by atoms with Gasteiger partial charge in [0.15, 0.2) is 11.5 Å². The number of hydrogen-bond donors (Lipinski definition) is 0. The second-order valence-electron chi connectivity index (χ2n) is 6.32. The van der Waals surface area contributed by atoms with Crippen LogP contribution in [0.2, 0.25) is 0 Å². The Morgan fingerprint density at radius 3 is 2.69 bits per heavy atom. The summed E-state index contributed by atoms with van der Waals surface area (Å²) in [4.78, 5) is 4.38. The normalized spacial score (nSPS) is 10.5. The van der Waals surface area contributed by atoms with Crippen LogP contribution in [-0.4, -0.2) is 17.3 Å². The van der Waals surface area contributed by atoms with E-state index in [0.29, 0.717) is 29.8 Å². The number of hydrogen-bond acceptors (Lipinski definition) is 5. The van der Waals surface area contributed by atoms with Crippen molar-refractivity contribution in [3.8, 4) is 22.9 Å². The second kappa shape index (κ2) is 7.87. The fourth-order valence-corrected chi connectivity index (χ4v) is 2.55. The van der Waals surface area contributed by atoms with Gasteiger partial charge in [-0.2, -0.15) is 4.98 Å². The Hall–Kier alpha value is -3.08. The molecule has 0 saturated carbocycles. The molecule has 0 N–H and O–H groups in total. The van der Waals surface area contributed by atoms with Gasteiger partial charge in [0, 0.05) is 11.6 Å². The van der Waals surface area contributed by atoms with Crippen LogP contribution < -0.4 is 9.47 Å². The number of nitrogens with zero attached hydrogens (tertiary/aromatic N) is 2. The topological polar surface area (TPSA) is 57.4 Å². The van der Waals surface area contributed by atoms with E-state index in [1.807, 2.05) is 50.3 Å². The minimum absolute atomic E-state index is 0.477. The van der Waals surface area contributed by atoms with Crippen molar-refractivity contribution in [1.82, 2.24) is 10.1 Å². The lowest BCUT2D eigenvalue weighted by Gasteiger charge is -2.11. The highest BCUT2D eigenvalue weighted by molar-refractivity contribution is 5.61. The summed E-state index contributed by atoms with van der Waals surface area (Å²) >= 11 is 0. The highest BCUT2D eigenvalue weighted by Gasteiger charge is 2.12. The van der Waals surface area contributed by atoms with Gasteiger partial charge in [0.25, 0.3) is 5.89 Å². The molecule has 1 heterocycles. The molecule has 3 aromatic rings. The lowest BCUT2D eigenvalue weighted by Crippen LogP contribution is -1.98. The van der Waals surface area contributed by atoms with Crippen molar-refractivity contribution in [3.05, 3.63) is 65.1 Å². The Kier molecular flexibility index (Phi) is 5.37. The van der Waals surface area contributed by atoms with E-state index in [1.165, 1.54) is 5.56 Å². The smallest absolute Gasteiger partial charge is 0.250 e. The molecule has 1 aromatic heterocycles. The number of aromatic nitrogens is 2. The zero-order chi connectivity index (χ0) is 18.5. The molecule has 0 fully saturated rings. The zero-order valence-corrected chi connectivity index (χ0v) is 15.4. The van der Waals surface area contributed by atoms with E-state index in [0.717, 1.165) is 16.7 Å². The number of methoxy groups -OCH3 is 1. The van der Waals surface area contributed by atoms with Crippen molar-refractivity contribution in [2.24, 2.45) is 0 Å². The first kappa shape index (κ1) is 17.7. The Morgan fingerprint density at radius 2 is 1.96 bits per heavy atom. The van der Waals surface area contributed by atoms with Gasteiger partial charge < -0.3 is 14.0 Å². The summed E-state index contributed by atoms with van der Waals surface area (Å²) in [6, 6.07) is 13.8. The highest BCUT2D eigenvalue weighted by Crippen LogP contribution is 2.32. The van der Waals surface area contributed by atoms with Crippen molar-refractivity contribution in [2.75, 3.05) is 7.11 Å². The number of ether oxygens (including phenoxy) is 2. The van der Waals surface area contributed by atoms with Crippen molar-refractivity contribution in [3.63, 3.8) is 0 Å². The van der Waals surface area contributed by atoms with Crippen LogP contribution in [0.4, 0.5) is 0 Å². The van der Waals surface area contributed by atoms with Crippen molar-refractivity contribution in [2.45, 2.75) is 27.4 Å². The number of benzene rings is 2. The van der Waals surface area contributed by atoms with Crippen molar-refractivity contribution >= 4 is 6.08 Å². The van der Waals surface area contributed by atoms with E-state index in [2.05, 4.69) is 29.2 Å². The number of rotatable bonds is 6. The fraction of sp³-hybridized carbons (Fsp3) is 0.238. The first-order chi connectivity index (χ1) is 12.5. The number of allylic oxidation sites excluding steroid dienone is 1. The Morgan fingerprint density at radius 1 is 1.12 bits per heavy atom. The second-order valence-corrected chi connectivity index (χ2v) is 6.32. The van der Waals surface area contributed by atoms with E-state index >= 15 is 0 Å². The maximum atomic E-state index is 5.92. The Bertz CT molecular complexity index is 925. The molecule has 0 bridgehead atoms. The third-order valence-electron chi connectivity index (χ3n) is 3.75. The Labute approximate surface area is 153 Å². The summed E-state index contributed by atoms with van der Waals surface area (Å²) in [6.45, 7) is 6.50. The van der Waals surface area contributed by atoms with Gasteiger partial charge in [-0.3, -0.25) is 0 Å². The molecule has 0 aliphatic rings. The van der Waals surface area contributed by atoms with Crippen LogP contribution >= 0.6 is 0 Å². The molecule has 0 radical (unpaired) electrons. The van der Waals surface area contributed by atoms with E-state index < -0.39 is 0 Å². The standard InChI is InChI=1S/C21H22N2O3/c1-14(2)10-20-22-21(23-26-20)17-8-9-18(19(12-17)24-4)25-13-16-7-5-6-15(3)11-16/h5-12H,13H2,1-4H3. The molecule has 0 aliphatic heterocycles. The average molecular weight is 350 g/mol. The first-order valence-electron chi connectivity index (χ1n) is 8.40. The van der Waals surface area contributed by atoms with Gasteiger partial charge in [-0.1, -0.05) is 40.6 Å². The number of aryl methyl sites for hydroxylation is 1. The predicted octanol–water partition coefficient (Wildman–Crippen LogP) is 5.06. The summed E-state index contributed by atoms with van der Waals surface area (Å²) in [6.07, 6.45) is 1.84. The van der Waals surface area contributed by atoms with Crippen LogP contribution in [-0.2, 0) is 6.61 Å². The predicted molar refractivity (Wildman–Crippen MR) is 101 cm³/mol. The summed E-state index contributed by atoms with van der Waals surface area (Å²) in [5.74, 6) is 2.30. The van der Waals surface area contributed by atoms with Gasteiger partial charge >= 0.3 is 0 Å². The molecule has 5 nitrogen and oxygen atoms in total. The SMILES string of the molecule is COc1cc(-c2noc(C=C(C)C)n2)ccc1OCc1cccc(C)c1.